The number of alkyl halides is 3. The topological polar surface area (TPSA) is 195 Å². The number of nitrogens with zero attached hydrogens (tertiary/aromatic N) is 3. The van der Waals surface area contributed by atoms with Gasteiger partial charge in [-0.15, -0.1) is 10.2 Å². The lowest BCUT2D eigenvalue weighted by atomic mass is 9.88. The third-order valence-electron chi connectivity index (χ3n) is 11.0. The Morgan fingerprint density at radius 1 is 1.02 bits per heavy atom. The summed E-state index contributed by atoms with van der Waals surface area (Å²) in [6.45, 7) is 4.74. The maximum absolute atomic E-state index is 14.7. The first-order valence-electron chi connectivity index (χ1n) is 18.6. The lowest BCUT2D eigenvalue weighted by Crippen LogP contribution is -2.59. The molecular weight excluding hydrogens is 762 g/mol. The number of halogens is 3. The van der Waals surface area contributed by atoms with Gasteiger partial charge in [0, 0.05) is 12.3 Å². The van der Waals surface area contributed by atoms with Crippen LogP contribution in [0.1, 0.15) is 72.6 Å². The third-order valence-corrected chi connectivity index (χ3v) is 12.8. The highest BCUT2D eigenvalue weighted by Gasteiger charge is 2.62. The number of ether oxygens (including phenoxy) is 3. The fraction of sp³-hybridized carbons (Fsp3) is 0.622. The van der Waals surface area contributed by atoms with E-state index in [1.807, 2.05) is 13.0 Å². The van der Waals surface area contributed by atoms with Crippen LogP contribution in [0.25, 0.3) is 10.8 Å². The van der Waals surface area contributed by atoms with Gasteiger partial charge in [-0.05, 0) is 76.3 Å². The van der Waals surface area contributed by atoms with Crippen molar-refractivity contribution in [2.24, 2.45) is 17.8 Å². The minimum atomic E-state index is -4.91. The SMILES string of the molecule is COc1nnc(O[C@@H]2C[C@H]3C(=O)N[C@]4(C(=O)NS(=O)(=O)C5CC5)C[C@H]4/C=C\CC[C@H](C)C[C@@H](C)[C@H](NC(=O)OC(C)(C)C(F)(F)F)C(=O)N3C2)c2ccccc12. The van der Waals surface area contributed by atoms with Crippen molar-refractivity contribution in [2.75, 3.05) is 13.7 Å². The van der Waals surface area contributed by atoms with Gasteiger partial charge in [-0.25, -0.2) is 13.2 Å². The standard InChI is InChI=1S/C37H47F3N6O9S/c1-20-10-6-7-11-22-18-36(22,33(49)45-56(51,52)24-14-15-24)42-29(47)27-17-23(54-31-26-13-9-8-12-25(26)30(53-5)43-44-31)19-46(27)32(48)28(21(2)16-20)41-34(50)55-35(3,4)37(38,39)40/h7-9,11-13,20-24,27-28H,6,10,14-19H2,1-5H3,(H,41,50)(H,42,47)(H,45,49)/b11-7-/t20-,21+,22+,23+,27-,28-,36+/m0/s1. The number of rotatable bonds is 8. The molecule has 1 aromatic carbocycles. The van der Waals surface area contributed by atoms with Crippen LogP contribution < -0.4 is 24.8 Å². The maximum Gasteiger partial charge on any atom is 0.427 e. The normalized spacial score (nSPS) is 29.5. The molecule has 7 atom stereocenters. The van der Waals surface area contributed by atoms with Gasteiger partial charge >= 0.3 is 12.3 Å². The van der Waals surface area contributed by atoms with E-state index in [4.69, 9.17) is 14.2 Å². The molecule has 4 aliphatic rings. The Labute approximate surface area is 322 Å². The first kappa shape index (κ1) is 41.0. The maximum atomic E-state index is 14.7. The van der Waals surface area contributed by atoms with Crippen LogP contribution in [0.2, 0.25) is 0 Å². The third kappa shape index (κ3) is 8.51. The summed E-state index contributed by atoms with van der Waals surface area (Å²) in [5.41, 5.74) is -4.52. The van der Waals surface area contributed by atoms with Crippen LogP contribution in [-0.4, -0.2) is 102 Å². The van der Waals surface area contributed by atoms with Gasteiger partial charge in [-0.1, -0.05) is 38.1 Å². The Bertz CT molecular complexity index is 2010. The van der Waals surface area contributed by atoms with Gasteiger partial charge in [0.1, 0.15) is 23.7 Å². The molecule has 0 radical (unpaired) electrons. The molecule has 3 heterocycles. The first-order valence-corrected chi connectivity index (χ1v) is 20.2. The second kappa shape index (κ2) is 15.3. The van der Waals surface area contributed by atoms with Crippen LogP contribution in [0.5, 0.6) is 11.8 Å². The number of hydrogen-bond donors (Lipinski definition) is 3. The largest absolute Gasteiger partial charge is 0.479 e. The smallest absolute Gasteiger partial charge is 0.427 e. The van der Waals surface area contributed by atoms with Gasteiger partial charge in [0.15, 0.2) is 0 Å². The summed E-state index contributed by atoms with van der Waals surface area (Å²) >= 11 is 0. The van der Waals surface area contributed by atoms with E-state index in [9.17, 15) is 40.8 Å². The fourth-order valence-electron chi connectivity index (χ4n) is 7.39. The predicted octanol–water partition coefficient (Wildman–Crippen LogP) is 3.92. The number of benzene rings is 1. The van der Waals surface area contributed by atoms with E-state index in [1.54, 1.807) is 37.3 Å². The molecule has 15 nitrogen and oxygen atoms in total. The first-order chi connectivity index (χ1) is 26.3. The number of amides is 4. The Kier molecular flexibility index (Phi) is 11.2. The second-order valence-electron chi connectivity index (χ2n) is 15.8. The molecule has 2 aliphatic heterocycles. The van der Waals surface area contributed by atoms with Crippen LogP contribution in [0.15, 0.2) is 36.4 Å². The molecule has 0 unspecified atom stereocenters. The number of aromatic nitrogens is 2. The number of nitrogens with one attached hydrogen (secondary N) is 3. The summed E-state index contributed by atoms with van der Waals surface area (Å²) < 4.78 is 85.3. The van der Waals surface area contributed by atoms with E-state index >= 15 is 0 Å². The average molecular weight is 809 g/mol. The van der Waals surface area contributed by atoms with E-state index in [0.29, 0.717) is 56.7 Å². The molecule has 3 N–H and O–H groups in total. The second-order valence-corrected chi connectivity index (χ2v) is 17.8. The molecule has 306 valence electrons. The highest BCUT2D eigenvalue weighted by molar-refractivity contribution is 7.91. The molecule has 2 saturated carbocycles. The van der Waals surface area contributed by atoms with E-state index in [0.717, 1.165) is 0 Å². The van der Waals surface area contributed by atoms with Crippen LogP contribution in [0.4, 0.5) is 18.0 Å². The van der Waals surface area contributed by atoms with Gasteiger partial charge < -0.3 is 29.7 Å². The molecule has 0 bridgehead atoms. The molecule has 1 saturated heterocycles. The number of methoxy groups -OCH3 is 1. The molecule has 1 aromatic heterocycles. The number of sulfonamides is 1. The van der Waals surface area contributed by atoms with Crippen molar-refractivity contribution < 1.29 is 55.0 Å². The summed E-state index contributed by atoms with van der Waals surface area (Å²) in [6.07, 6.45) is -1.37. The zero-order valence-electron chi connectivity index (χ0n) is 31.7. The summed E-state index contributed by atoms with van der Waals surface area (Å²) in [7, 11) is -2.55. The van der Waals surface area contributed by atoms with Crippen molar-refractivity contribution in [1.82, 2.24) is 30.5 Å². The zero-order chi connectivity index (χ0) is 40.8. The number of allylic oxidation sites excluding steroid dienone is 1. The molecule has 2 aromatic rings. The van der Waals surface area contributed by atoms with Gasteiger partial charge in [-0.3, -0.25) is 19.1 Å². The molecule has 2 aliphatic carbocycles. The Balaban J connectivity index is 1.35. The number of carbonyl (C=O) groups is 4. The summed E-state index contributed by atoms with van der Waals surface area (Å²) in [6, 6.07) is 4.21. The average Bonchev–Trinajstić information content (AvgIpc) is 4.05. The number of alkyl carbamates (subject to hydrolysis) is 1. The highest BCUT2D eigenvalue weighted by Crippen LogP contribution is 2.46. The zero-order valence-corrected chi connectivity index (χ0v) is 32.5. The lowest BCUT2D eigenvalue weighted by Gasteiger charge is -2.34. The predicted molar refractivity (Wildman–Crippen MR) is 195 cm³/mol. The summed E-state index contributed by atoms with van der Waals surface area (Å²) in [5.74, 6) is -3.39. The molecule has 19 heteroatoms. The van der Waals surface area contributed by atoms with Crippen LogP contribution in [-0.2, 0) is 29.1 Å². The molecular formula is C37H47F3N6O9S. The molecule has 3 fully saturated rings. The summed E-state index contributed by atoms with van der Waals surface area (Å²) in [5, 5.41) is 13.8. The van der Waals surface area contributed by atoms with Crippen molar-refractivity contribution in [3.05, 3.63) is 36.4 Å². The van der Waals surface area contributed by atoms with Crippen molar-refractivity contribution >= 4 is 44.6 Å². The minimum Gasteiger partial charge on any atom is -0.479 e. The van der Waals surface area contributed by atoms with Crippen molar-refractivity contribution in [3.8, 4) is 11.8 Å². The van der Waals surface area contributed by atoms with E-state index in [1.165, 1.54) is 12.0 Å². The number of carbonyl (C=O) groups excluding carboxylic acids is 4. The minimum absolute atomic E-state index is 0.0393. The Morgan fingerprint density at radius 3 is 2.32 bits per heavy atom. The fourth-order valence-corrected chi connectivity index (χ4v) is 8.76. The van der Waals surface area contributed by atoms with E-state index in [2.05, 4.69) is 25.6 Å². The van der Waals surface area contributed by atoms with Crippen LogP contribution in [0, 0.1) is 17.8 Å². The van der Waals surface area contributed by atoms with Gasteiger partial charge in [0.25, 0.3) is 5.91 Å². The quantitative estimate of drug-likeness (QED) is 0.327. The molecule has 4 amide bonds. The lowest BCUT2D eigenvalue weighted by molar-refractivity contribution is -0.244. The summed E-state index contributed by atoms with van der Waals surface area (Å²) in [4.78, 5) is 57.1. The molecule has 6 rings (SSSR count). The Morgan fingerprint density at radius 2 is 1.68 bits per heavy atom. The number of hydrogen-bond acceptors (Lipinski definition) is 11. The molecule has 56 heavy (non-hydrogen) atoms. The van der Waals surface area contributed by atoms with Crippen molar-refractivity contribution in [3.63, 3.8) is 0 Å². The van der Waals surface area contributed by atoms with Gasteiger partial charge in [-0.2, -0.15) is 13.2 Å². The van der Waals surface area contributed by atoms with Crippen molar-refractivity contribution in [1.29, 1.82) is 0 Å². The van der Waals surface area contributed by atoms with Crippen molar-refractivity contribution in [2.45, 2.75) is 113 Å². The van der Waals surface area contributed by atoms with Gasteiger partial charge in [0.05, 0.1) is 29.7 Å². The molecule has 0 spiro atoms. The highest BCUT2D eigenvalue weighted by atomic mass is 32.2. The van der Waals surface area contributed by atoms with Crippen LogP contribution >= 0.6 is 0 Å². The van der Waals surface area contributed by atoms with Gasteiger partial charge in [0.2, 0.25) is 39.2 Å². The van der Waals surface area contributed by atoms with Crippen LogP contribution in [0.3, 0.4) is 0 Å². The number of fused-ring (bicyclic) bond motifs is 3. The Hall–Kier alpha value is -4.68. The monoisotopic (exact) mass is 808 g/mol. The van der Waals surface area contributed by atoms with E-state index < -0.39 is 86.4 Å². The van der Waals surface area contributed by atoms with E-state index in [-0.39, 0.29) is 37.1 Å².